The minimum absolute atomic E-state index is 0.714. The molecule has 2 aromatic heterocycles. The third-order valence-electron chi connectivity index (χ3n) is 3.50. The van der Waals surface area contributed by atoms with Crippen molar-refractivity contribution in [3.05, 3.63) is 34.8 Å². The van der Waals surface area contributed by atoms with Gasteiger partial charge in [-0.25, -0.2) is 4.98 Å². The maximum Gasteiger partial charge on any atom is 0.196 e. The van der Waals surface area contributed by atoms with Crippen molar-refractivity contribution in [3.8, 4) is 17.0 Å². The zero-order valence-corrected chi connectivity index (χ0v) is 12.6. The van der Waals surface area contributed by atoms with Crippen LogP contribution in [0.2, 0.25) is 0 Å². The van der Waals surface area contributed by atoms with Gasteiger partial charge in [-0.15, -0.1) is 11.3 Å². The van der Waals surface area contributed by atoms with Gasteiger partial charge in [0.1, 0.15) is 17.3 Å². The van der Waals surface area contributed by atoms with Crippen LogP contribution in [0.25, 0.3) is 16.2 Å². The third-order valence-corrected chi connectivity index (χ3v) is 4.50. The molecule has 0 saturated heterocycles. The Labute approximate surface area is 121 Å². The summed E-state index contributed by atoms with van der Waals surface area (Å²) in [4.78, 5) is 6.92. The van der Waals surface area contributed by atoms with E-state index in [0.717, 1.165) is 28.4 Å². The van der Waals surface area contributed by atoms with Crippen molar-refractivity contribution in [1.82, 2.24) is 9.38 Å². The van der Waals surface area contributed by atoms with Crippen LogP contribution in [0.5, 0.6) is 5.75 Å². The number of aryl methyl sites for hydroxylation is 2. The molecule has 0 aliphatic carbocycles. The lowest BCUT2D eigenvalue weighted by atomic mass is 10.1. The highest BCUT2D eigenvalue weighted by Crippen LogP contribution is 2.33. The molecule has 1 aromatic carbocycles. The van der Waals surface area contributed by atoms with E-state index in [1.807, 2.05) is 24.3 Å². The molecule has 104 valence electrons. The third kappa shape index (κ3) is 1.86. The second-order valence-corrected chi connectivity index (χ2v) is 5.83. The Hall–Kier alpha value is -2.01. The van der Waals surface area contributed by atoms with Crippen molar-refractivity contribution in [1.29, 1.82) is 0 Å². The zero-order valence-electron chi connectivity index (χ0n) is 11.8. The fraction of sp³-hybridized carbons (Fsp3) is 0.267. The Bertz CT molecular complexity index is 756. The number of nitrogens with two attached hydrogens (primary N) is 1. The van der Waals surface area contributed by atoms with Gasteiger partial charge in [0.2, 0.25) is 0 Å². The van der Waals surface area contributed by atoms with E-state index < -0.39 is 0 Å². The van der Waals surface area contributed by atoms with Crippen LogP contribution in [0.15, 0.2) is 24.3 Å². The molecule has 0 radical (unpaired) electrons. The number of imidazole rings is 1. The van der Waals surface area contributed by atoms with E-state index in [9.17, 15) is 0 Å². The Kier molecular flexibility index (Phi) is 3.14. The molecule has 20 heavy (non-hydrogen) atoms. The number of nitrogen functional groups attached to an aromatic ring is 1. The fourth-order valence-electron chi connectivity index (χ4n) is 2.46. The van der Waals surface area contributed by atoms with E-state index in [4.69, 9.17) is 10.5 Å². The molecule has 0 saturated carbocycles. The number of hydrogen-bond donors (Lipinski definition) is 1. The number of nitrogens with zero attached hydrogens (tertiary/aromatic N) is 2. The first kappa shape index (κ1) is 13.0. The van der Waals surface area contributed by atoms with Crippen molar-refractivity contribution in [2.24, 2.45) is 0 Å². The van der Waals surface area contributed by atoms with Gasteiger partial charge in [-0.1, -0.05) is 6.92 Å². The van der Waals surface area contributed by atoms with E-state index in [1.165, 1.54) is 10.6 Å². The van der Waals surface area contributed by atoms with Gasteiger partial charge in [-0.2, -0.15) is 0 Å². The smallest absolute Gasteiger partial charge is 0.196 e. The van der Waals surface area contributed by atoms with Crippen LogP contribution in [-0.4, -0.2) is 16.5 Å². The molecule has 3 aromatic rings. The number of aromatic nitrogens is 2. The molecule has 3 rings (SSSR count). The lowest BCUT2D eigenvalue weighted by Gasteiger charge is -2.03. The van der Waals surface area contributed by atoms with E-state index in [0.29, 0.717) is 5.82 Å². The molecule has 0 amide bonds. The highest BCUT2D eigenvalue weighted by Gasteiger charge is 2.17. The average Bonchev–Trinajstić information content (AvgIpc) is 2.95. The lowest BCUT2D eigenvalue weighted by Crippen LogP contribution is -1.98. The summed E-state index contributed by atoms with van der Waals surface area (Å²) in [5.41, 5.74) is 9.41. The van der Waals surface area contributed by atoms with Crippen LogP contribution in [-0.2, 0) is 6.42 Å². The second-order valence-electron chi connectivity index (χ2n) is 4.65. The molecule has 0 atom stereocenters. The molecule has 0 aliphatic rings. The normalized spacial score (nSPS) is 11.2. The first-order valence-electron chi connectivity index (χ1n) is 6.56. The summed E-state index contributed by atoms with van der Waals surface area (Å²) in [6, 6.07) is 7.82. The molecule has 0 fully saturated rings. The van der Waals surface area contributed by atoms with Crippen molar-refractivity contribution in [3.63, 3.8) is 0 Å². The van der Waals surface area contributed by atoms with Gasteiger partial charge in [-0.3, -0.25) is 4.40 Å². The Balaban J connectivity index is 2.16. The largest absolute Gasteiger partial charge is 0.497 e. The van der Waals surface area contributed by atoms with Gasteiger partial charge in [0.05, 0.1) is 7.11 Å². The number of anilines is 1. The maximum atomic E-state index is 6.31. The van der Waals surface area contributed by atoms with Crippen molar-refractivity contribution < 1.29 is 4.74 Å². The fourth-order valence-corrected chi connectivity index (χ4v) is 3.53. The van der Waals surface area contributed by atoms with Gasteiger partial charge in [-0.05, 0) is 37.6 Å². The summed E-state index contributed by atoms with van der Waals surface area (Å²) < 4.78 is 7.25. The minimum atomic E-state index is 0.714. The van der Waals surface area contributed by atoms with Crippen LogP contribution in [0.1, 0.15) is 17.5 Å². The minimum Gasteiger partial charge on any atom is -0.497 e. The molecule has 2 N–H and O–H groups in total. The van der Waals surface area contributed by atoms with E-state index in [-0.39, 0.29) is 0 Å². The Morgan fingerprint density at radius 3 is 2.60 bits per heavy atom. The Morgan fingerprint density at radius 2 is 2.00 bits per heavy atom. The van der Waals surface area contributed by atoms with Crippen molar-refractivity contribution in [2.75, 3.05) is 12.8 Å². The maximum absolute atomic E-state index is 6.31. The predicted molar refractivity (Wildman–Crippen MR) is 83.6 cm³/mol. The summed E-state index contributed by atoms with van der Waals surface area (Å²) in [5.74, 6) is 1.55. The first-order chi connectivity index (χ1) is 9.65. The van der Waals surface area contributed by atoms with E-state index >= 15 is 0 Å². The molecular weight excluding hydrogens is 270 g/mol. The van der Waals surface area contributed by atoms with Crippen molar-refractivity contribution >= 4 is 22.1 Å². The van der Waals surface area contributed by atoms with Gasteiger partial charge in [0.15, 0.2) is 4.96 Å². The Morgan fingerprint density at radius 1 is 1.30 bits per heavy atom. The molecule has 0 spiro atoms. The number of rotatable bonds is 3. The summed E-state index contributed by atoms with van der Waals surface area (Å²) in [7, 11) is 1.66. The highest BCUT2D eigenvalue weighted by molar-refractivity contribution is 7.17. The van der Waals surface area contributed by atoms with Crippen LogP contribution >= 0.6 is 11.3 Å². The van der Waals surface area contributed by atoms with Crippen LogP contribution in [0, 0.1) is 6.92 Å². The molecular formula is C15H17N3OS. The van der Waals surface area contributed by atoms with E-state index in [1.54, 1.807) is 18.4 Å². The first-order valence-corrected chi connectivity index (χ1v) is 7.38. The summed E-state index contributed by atoms with van der Waals surface area (Å²) in [6.07, 6.45) is 0.953. The standard InChI is InChI=1S/C15H17N3OS/c1-4-12-9(2)20-15-17-13(14(16)18(12)15)10-5-7-11(19-3)8-6-10/h5-8H,4,16H2,1-3H3. The topological polar surface area (TPSA) is 52.5 Å². The van der Waals surface area contributed by atoms with Crippen molar-refractivity contribution in [2.45, 2.75) is 20.3 Å². The number of hydrogen-bond acceptors (Lipinski definition) is 4. The monoisotopic (exact) mass is 287 g/mol. The van der Waals surface area contributed by atoms with Gasteiger partial charge in [0, 0.05) is 16.1 Å². The molecule has 5 heteroatoms. The number of methoxy groups -OCH3 is 1. The molecule has 4 nitrogen and oxygen atoms in total. The van der Waals surface area contributed by atoms with Gasteiger partial charge >= 0.3 is 0 Å². The van der Waals surface area contributed by atoms with Crippen LogP contribution in [0.3, 0.4) is 0 Å². The highest BCUT2D eigenvalue weighted by atomic mass is 32.1. The number of fused-ring (bicyclic) bond motifs is 1. The average molecular weight is 287 g/mol. The SMILES string of the molecule is CCc1c(C)sc2nc(-c3ccc(OC)cc3)c(N)n12. The number of thiazole rings is 1. The summed E-state index contributed by atoms with van der Waals surface area (Å²) >= 11 is 1.69. The predicted octanol–water partition coefficient (Wildman–Crippen LogP) is 3.52. The zero-order chi connectivity index (χ0) is 14.3. The summed E-state index contributed by atoms with van der Waals surface area (Å²) in [6.45, 7) is 4.26. The van der Waals surface area contributed by atoms with Gasteiger partial charge < -0.3 is 10.5 Å². The number of ether oxygens (including phenoxy) is 1. The lowest BCUT2D eigenvalue weighted by molar-refractivity contribution is 0.415. The second kappa shape index (κ2) is 4.83. The molecule has 0 aliphatic heterocycles. The van der Waals surface area contributed by atoms with Gasteiger partial charge in [0.25, 0.3) is 0 Å². The quantitative estimate of drug-likeness (QED) is 0.802. The molecule has 2 heterocycles. The number of benzene rings is 1. The molecule has 0 bridgehead atoms. The van der Waals surface area contributed by atoms with E-state index in [2.05, 4.69) is 23.2 Å². The van der Waals surface area contributed by atoms with Crippen LogP contribution < -0.4 is 10.5 Å². The molecule has 0 unspecified atom stereocenters. The van der Waals surface area contributed by atoms with Crippen LogP contribution in [0.4, 0.5) is 5.82 Å². The summed E-state index contributed by atoms with van der Waals surface area (Å²) in [5, 5.41) is 0.